The third-order valence-corrected chi connectivity index (χ3v) is 5.16. The largest absolute Gasteiger partial charge is 0.341 e. The first-order valence-electron chi connectivity index (χ1n) is 5.67. The highest BCUT2D eigenvalue weighted by molar-refractivity contribution is 7.91. The van der Waals surface area contributed by atoms with Crippen molar-refractivity contribution in [1.82, 2.24) is 4.90 Å². The zero-order valence-corrected chi connectivity index (χ0v) is 10.1. The topological polar surface area (TPSA) is 80.5 Å². The number of hydrogen-bond donors (Lipinski definition) is 1. The quantitative estimate of drug-likeness (QED) is 0.713. The molecule has 2 aliphatic rings. The summed E-state index contributed by atoms with van der Waals surface area (Å²) in [4.78, 5) is 13.5. The highest BCUT2D eigenvalue weighted by Crippen LogP contribution is 2.32. The van der Waals surface area contributed by atoms with Gasteiger partial charge in [-0.2, -0.15) is 0 Å². The molecule has 0 aromatic carbocycles. The van der Waals surface area contributed by atoms with Crippen LogP contribution in [-0.2, 0) is 14.6 Å². The van der Waals surface area contributed by atoms with Crippen LogP contribution in [0.2, 0.25) is 0 Å². The van der Waals surface area contributed by atoms with Gasteiger partial charge in [0, 0.05) is 25.0 Å². The van der Waals surface area contributed by atoms with Gasteiger partial charge in [-0.25, -0.2) is 8.42 Å². The van der Waals surface area contributed by atoms with Crippen LogP contribution in [0.15, 0.2) is 0 Å². The number of hydrogen-bond acceptors (Lipinski definition) is 4. The average Bonchev–Trinajstić information content (AvgIpc) is 2.15. The minimum absolute atomic E-state index is 0.0112. The fourth-order valence-corrected chi connectivity index (χ4v) is 3.38. The SMILES string of the molecule is NC1(CC(=O)N2CCS(=O)(=O)CC2)CCC1. The van der Waals surface area contributed by atoms with Gasteiger partial charge in [-0.3, -0.25) is 4.79 Å². The van der Waals surface area contributed by atoms with Crippen molar-refractivity contribution in [3.05, 3.63) is 0 Å². The molecule has 1 amide bonds. The maximum atomic E-state index is 11.9. The average molecular weight is 246 g/mol. The van der Waals surface area contributed by atoms with E-state index in [9.17, 15) is 13.2 Å². The molecule has 0 spiro atoms. The van der Waals surface area contributed by atoms with E-state index in [4.69, 9.17) is 5.73 Å². The van der Waals surface area contributed by atoms with Crippen LogP contribution in [0, 0.1) is 0 Å². The first-order chi connectivity index (χ1) is 7.40. The predicted octanol–water partition coefficient (Wildman–Crippen LogP) is -0.485. The number of nitrogens with zero attached hydrogens (tertiary/aromatic N) is 1. The van der Waals surface area contributed by atoms with E-state index in [1.807, 2.05) is 0 Å². The normalized spacial score (nSPS) is 27.2. The molecule has 16 heavy (non-hydrogen) atoms. The standard InChI is InChI=1S/C10H18N2O3S/c11-10(2-1-3-10)8-9(13)12-4-6-16(14,15)7-5-12/h1-8,11H2. The minimum atomic E-state index is -2.91. The lowest BCUT2D eigenvalue weighted by Gasteiger charge is -2.39. The maximum absolute atomic E-state index is 11.9. The van der Waals surface area contributed by atoms with Gasteiger partial charge in [0.1, 0.15) is 0 Å². The van der Waals surface area contributed by atoms with Crippen LogP contribution in [0.25, 0.3) is 0 Å². The molecule has 1 saturated heterocycles. The number of amides is 1. The summed E-state index contributed by atoms with van der Waals surface area (Å²) in [5.41, 5.74) is 5.69. The molecular formula is C10H18N2O3S. The lowest BCUT2D eigenvalue weighted by molar-refractivity contribution is -0.132. The van der Waals surface area contributed by atoms with Crippen molar-refractivity contribution < 1.29 is 13.2 Å². The van der Waals surface area contributed by atoms with Gasteiger partial charge in [0.15, 0.2) is 9.84 Å². The van der Waals surface area contributed by atoms with Gasteiger partial charge in [-0.05, 0) is 19.3 Å². The van der Waals surface area contributed by atoms with Gasteiger partial charge in [0.25, 0.3) is 0 Å². The van der Waals surface area contributed by atoms with E-state index < -0.39 is 9.84 Å². The molecule has 0 atom stereocenters. The molecule has 1 aliphatic heterocycles. The Labute approximate surface area is 95.9 Å². The fraction of sp³-hybridized carbons (Fsp3) is 0.900. The Morgan fingerprint density at radius 3 is 2.25 bits per heavy atom. The molecule has 2 N–H and O–H groups in total. The van der Waals surface area contributed by atoms with Gasteiger partial charge in [-0.1, -0.05) is 0 Å². The fourth-order valence-electron chi connectivity index (χ4n) is 2.18. The Hall–Kier alpha value is -0.620. The molecule has 0 aromatic heterocycles. The van der Waals surface area contributed by atoms with Crippen molar-refractivity contribution in [2.45, 2.75) is 31.2 Å². The molecule has 92 valence electrons. The number of rotatable bonds is 2. The van der Waals surface area contributed by atoms with E-state index in [-0.39, 0.29) is 23.0 Å². The Morgan fingerprint density at radius 2 is 1.81 bits per heavy atom. The predicted molar refractivity (Wildman–Crippen MR) is 60.6 cm³/mol. The third-order valence-electron chi connectivity index (χ3n) is 3.55. The lowest BCUT2D eigenvalue weighted by Crippen LogP contribution is -2.52. The molecule has 0 bridgehead atoms. The molecule has 0 aromatic rings. The summed E-state index contributed by atoms with van der Waals surface area (Å²) in [5, 5.41) is 0. The minimum Gasteiger partial charge on any atom is -0.341 e. The summed E-state index contributed by atoms with van der Waals surface area (Å²) in [6, 6.07) is 0. The second-order valence-corrected chi connectivity index (χ2v) is 7.23. The van der Waals surface area contributed by atoms with Crippen molar-refractivity contribution >= 4 is 15.7 Å². The van der Waals surface area contributed by atoms with Crippen molar-refractivity contribution in [1.29, 1.82) is 0 Å². The smallest absolute Gasteiger partial charge is 0.224 e. The molecule has 1 saturated carbocycles. The van der Waals surface area contributed by atoms with Crippen LogP contribution >= 0.6 is 0 Å². The first-order valence-corrected chi connectivity index (χ1v) is 7.50. The number of nitrogens with two attached hydrogens (primary N) is 1. The van der Waals surface area contributed by atoms with Crippen molar-refractivity contribution in [3.8, 4) is 0 Å². The van der Waals surface area contributed by atoms with Gasteiger partial charge in [0.2, 0.25) is 5.91 Å². The van der Waals surface area contributed by atoms with Crippen LogP contribution in [0.3, 0.4) is 0 Å². The highest BCUT2D eigenvalue weighted by Gasteiger charge is 2.36. The third kappa shape index (κ3) is 2.55. The Balaban J connectivity index is 1.87. The second-order valence-electron chi connectivity index (χ2n) is 4.93. The molecule has 5 nitrogen and oxygen atoms in total. The number of sulfone groups is 1. The van der Waals surface area contributed by atoms with E-state index >= 15 is 0 Å². The van der Waals surface area contributed by atoms with E-state index in [0.29, 0.717) is 19.5 Å². The summed E-state index contributed by atoms with van der Waals surface area (Å²) in [7, 11) is -2.91. The van der Waals surface area contributed by atoms with Crippen LogP contribution in [0.5, 0.6) is 0 Å². The summed E-state index contributed by atoms with van der Waals surface area (Å²) in [6.45, 7) is 0.661. The van der Waals surface area contributed by atoms with Crippen LogP contribution in [-0.4, -0.2) is 49.4 Å². The van der Waals surface area contributed by atoms with E-state index in [1.165, 1.54) is 0 Å². The summed E-state index contributed by atoms with van der Waals surface area (Å²) >= 11 is 0. The van der Waals surface area contributed by atoms with Crippen LogP contribution in [0.1, 0.15) is 25.7 Å². The maximum Gasteiger partial charge on any atom is 0.224 e. The number of carbonyl (C=O) groups is 1. The molecular weight excluding hydrogens is 228 g/mol. The molecule has 1 heterocycles. The Bertz CT molecular complexity index is 373. The Kier molecular flexibility index (Phi) is 2.96. The van der Waals surface area contributed by atoms with Gasteiger partial charge >= 0.3 is 0 Å². The molecule has 1 aliphatic carbocycles. The molecule has 0 unspecified atom stereocenters. The highest BCUT2D eigenvalue weighted by atomic mass is 32.2. The Morgan fingerprint density at radius 1 is 1.25 bits per heavy atom. The van der Waals surface area contributed by atoms with Gasteiger partial charge in [-0.15, -0.1) is 0 Å². The van der Waals surface area contributed by atoms with Crippen molar-refractivity contribution in [3.63, 3.8) is 0 Å². The summed E-state index contributed by atoms with van der Waals surface area (Å²) in [5.74, 6) is 0.198. The van der Waals surface area contributed by atoms with Gasteiger partial charge in [0.05, 0.1) is 11.5 Å². The lowest BCUT2D eigenvalue weighted by atomic mass is 9.75. The van der Waals surface area contributed by atoms with Gasteiger partial charge < -0.3 is 10.6 Å². The molecule has 2 rings (SSSR count). The summed E-state index contributed by atoms with van der Waals surface area (Å²) < 4.78 is 22.4. The van der Waals surface area contributed by atoms with E-state index in [0.717, 1.165) is 19.3 Å². The van der Waals surface area contributed by atoms with Crippen molar-refractivity contribution in [2.75, 3.05) is 24.6 Å². The van der Waals surface area contributed by atoms with Crippen molar-refractivity contribution in [2.24, 2.45) is 5.73 Å². The molecule has 0 radical (unpaired) electrons. The van der Waals surface area contributed by atoms with E-state index in [2.05, 4.69) is 0 Å². The zero-order valence-electron chi connectivity index (χ0n) is 9.31. The second kappa shape index (κ2) is 4.00. The summed E-state index contributed by atoms with van der Waals surface area (Å²) in [6.07, 6.45) is 3.28. The number of carbonyl (C=O) groups excluding carboxylic acids is 1. The first kappa shape index (κ1) is 11.9. The van der Waals surface area contributed by atoms with Crippen LogP contribution in [0.4, 0.5) is 0 Å². The molecule has 2 fully saturated rings. The van der Waals surface area contributed by atoms with E-state index in [1.54, 1.807) is 4.90 Å². The zero-order chi connectivity index (χ0) is 11.8. The van der Waals surface area contributed by atoms with Crippen LogP contribution < -0.4 is 5.73 Å². The monoisotopic (exact) mass is 246 g/mol. The molecule has 6 heteroatoms.